The van der Waals surface area contributed by atoms with E-state index in [0.717, 1.165) is 10.9 Å². The van der Waals surface area contributed by atoms with Crippen molar-refractivity contribution in [3.8, 4) is 0 Å². The third-order valence-electron chi connectivity index (χ3n) is 16.9. The number of rotatable bonds is 47. The largest absolute Gasteiger partial charge is 0.370 e. The Labute approximate surface area is 579 Å². The summed E-state index contributed by atoms with van der Waals surface area (Å²) >= 11 is 0. The van der Waals surface area contributed by atoms with Crippen molar-refractivity contribution in [1.29, 1.82) is 0 Å². The number of fused-ring (bicyclic) bond motifs is 1. The van der Waals surface area contributed by atoms with E-state index in [1.54, 1.807) is 64.2 Å². The molecule has 99 heavy (non-hydrogen) atoms. The molecule has 0 bridgehead atoms. The first-order chi connectivity index (χ1) is 47.2. The Morgan fingerprint density at radius 2 is 0.879 bits per heavy atom. The number of aromatic nitrogens is 3. The summed E-state index contributed by atoms with van der Waals surface area (Å²) in [6.45, 7) is 13.0. The van der Waals surface area contributed by atoms with Crippen molar-refractivity contribution in [2.45, 2.75) is 218 Å². The van der Waals surface area contributed by atoms with Crippen LogP contribution in [0.15, 0.2) is 73.3 Å². The Hall–Kier alpha value is -9.29. The first kappa shape index (κ1) is 82.1. The minimum atomic E-state index is -1.54. The normalized spacial score (nSPS) is 14.7. The van der Waals surface area contributed by atoms with Gasteiger partial charge in [-0.3, -0.25) is 57.5 Å². The first-order valence-electron chi connectivity index (χ1n) is 34.4. The molecule has 4 aromatic rings. The highest BCUT2D eigenvalue weighted by atomic mass is 16.2. The monoisotopic (exact) mass is 1380 g/mol. The van der Waals surface area contributed by atoms with E-state index in [1.165, 1.54) is 19.4 Å². The molecule has 0 radical (unpaired) electrons. The van der Waals surface area contributed by atoms with E-state index in [1.807, 2.05) is 38.1 Å². The number of primary amides is 2. The van der Waals surface area contributed by atoms with Crippen molar-refractivity contribution in [2.75, 3.05) is 19.6 Å². The van der Waals surface area contributed by atoms with Gasteiger partial charge in [-0.25, -0.2) is 4.98 Å². The van der Waals surface area contributed by atoms with Crippen molar-refractivity contribution >= 4 is 81.8 Å². The predicted molar refractivity (Wildman–Crippen MR) is 374 cm³/mol. The summed E-state index contributed by atoms with van der Waals surface area (Å²) in [6, 6.07) is 3.08. The van der Waals surface area contributed by atoms with E-state index in [0.29, 0.717) is 81.4 Å². The molecule has 0 aliphatic heterocycles. The number of benzene rings is 2. The second kappa shape index (κ2) is 43.2. The highest BCUT2D eigenvalue weighted by molar-refractivity contribution is 5.99. The molecule has 12 amide bonds. The van der Waals surface area contributed by atoms with Gasteiger partial charge < -0.3 is 91.8 Å². The lowest BCUT2D eigenvalue weighted by Gasteiger charge is -2.30. The van der Waals surface area contributed by atoms with Crippen molar-refractivity contribution in [1.82, 2.24) is 68.1 Å². The van der Waals surface area contributed by atoms with Crippen LogP contribution in [0.25, 0.3) is 10.9 Å². The lowest BCUT2D eigenvalue weighted by atomic mass is 9.95. The van der Waals surface area contributed by atoms with Crippen LogP contribution in [0.5, 0.6) is 0 Å². The average Bonchev–Trinajstić information content (AvgIpc) is 1.78. The van der Waals surface area contributed by atoms with Crippen molar-refractivity contribution in [3.05, 3.63) is 90.1 Å². The highest BCUT2D eigenvalue weighted by Crippen LogP contribution is 2.21. The van der Waals surface area contributed by atoms with Crippen LogP contribution >= 0.6 is 0 Å². The van der Waals surface area contributed by atoms with Crippen LogP contribution in [0.3, 0.4) is 0 Å². The fourth-order valence-electron chi connectivity index (χ4n) is 11.2. The fourth-order valence-corrected chi connectivity index (χ4v) is 11.2. The summed E-state index contributed by atoms with van der Waals surface area (Å²) in [5, 5.41) is 28.3. The van der Waals surface area contributed by atoms with E-state index >= 15 is 0 Å². The van der Waals surface area contributed by atoms with Crippen LogP contribution in [0, 0.1) is 17.8 Å². The average molecular weight is 1380 g/mol. The Morgan fingerprint density at radius 3 is 1.36 bits per heavy atom. The zero-order valence-electron chi connectivity index (χ0n) is 58.3. The Balaban J connectivity index is 1.64. The van der Waals surface area contributed by atoms with E-state index in [2.05, 4.69) is 68.1 Å². The number of imidazole rings is 1. The van der Waals surface area contributed by atoms with E-state index in [4.69, 9.17) is 28.7 Å². The summed E-state index contributed by atoms with van der Waals surface area (Å²) in [5.74, 6) is -10.2. The van der Waals surface area contributed by atoms with Gasteiger partial charge in [0.25, 0.3) is 0 Å². The highest BCUT2D eigenvalue weighted by Gasteiger charge is 2.38. The number of aromatic amines is 2. The maximum absolute atomic E-state index is 14.8. The number of amides is 12. The van der Waals surface area contributed by atoms with Crippen molar-refractivity contribution in [3.63, 3.8) is 0 Å². The Morgan fingerprint density at radius 1 is 0.455 bits per heavy atom. The maximum Gasteiger partial charge on any atom is 0.243 e. The molecule has 0 unspecified atom stereocenters. The zero-order chi connectivity index (χ0) is 73.1. The Kier molecular flexibility index (Phi) is 35.8. The second-order valence-corrected chi connectivity index (χ2v) is 26.2. The molecule has 2 aromatic heterocycles. The molecule has 30 nitrogen and oxygen atoms in total. The number of nitrogens with one attached hydrogen (secondary N) is 12. The number of hydrogen-bond acceptors (Lipinski definition) is 16. The van der Waals surface area contributed by atoms with Gasteiger partial charge in [0.05, 0.1) is 6.33 Å². The minimum absolute atomic E-state index is 0.0126. The minimum Gasteiger partial charge on any atom is -0.370 e. The molecule has 30 heteroatoms. The van der Waals surface area contributed by atoms with Gasteiger partial charge in [0.1, 0.15) is 60.4 Å². The molecular formula is C69H108N18O12. The fraction of sp³-hybridized carbons (Fsp3) is 0.580. The number of H-pyrrole nitrogens is 2. The van der Waals surface area contributed by atoms with Gasteiger partial charge in [-0.2, -0.15) is 0 Å². The summed E-state index contributed by atoms with van der Waals surface area (Å²) in [4.78, 5) is 178. The summed E-state index contributed by atoms with van der Waals surface area (Å²) in [6.07, 6.45) is 7.43. The molecule has 0 saturated carbocycles. The van der Waals surface area contributed by atoms with Gasteiger partial charge in [0.2, 0.25) is 70.9 Å². The number of nitrogens with zero attached hydrogens (tertiary/aromatic N) is 1. The maximum atomic E-state index is 14.8. The summed E-state index contributed by atoms with van der Waals surface area (Å²) in [5.41, 5.74) is 30.9. The molecule has 0 saturated heterocycles. The van der Waals surface area contributed by atoms with Crippen LogP contribution in [0.1, 0.15) is 155 Å². The van der Waals surface area contributed by atoms with Gasteiger partial charge in [0.15, 0.2) is 0 Å². The van der Waals surface area contributed by atoms with Crippen molar-refractivity contribution in [2.24, 2.45) is 46.4 Å². The van der Waals surface area contributed by atoms with Crippen LogP contribution in [-0.2, 0) is 76.8 Å². The second-order valence-electron chi connectivity index (χ2n) is 26.2. The third-order valence-corrected chi connectivity index (χ3v) is 16.9. The van der Waals surface area contributed by atoms with Crippen LogP contribution in [0.2, 0.25) is 0 Å². The molecular weight excluding hydrogens is 1270 g/mol. The predicted octanol–water partition coefficient (Wildman–Crippen LogP) is 0.0629. The van der Waals surface area contributed by atoms with Crippen LogP contribution in [0.4, 0.5) is 0 Å². The van der Waals surface area contributed by atoms with Gasteiger partial charge in [0, 0.05) is 61.6 Å². The molecule has 2 aromatic carbocycles. The number of nitrogens with two attached hydrogens (primary N) is 5. The number of carbonyl (C=O) groups is 12. The van der Waals surface area contributed by atoms with Gasteiger partial charge >= 0.3 is 0 Å². The molecule has 2 heterocycles. The van der Waals surface area contributed by atoms with Gasteiger partial charge in [-0.05, 0) is 132 Å². The molecule has 4 rings (SSSR count). The van der Waals surface area contributed by atoms with Gasteiger partial charge in [-0.1, -0.05) is 96.5 Å². The molecule has 0 spiro atoms. The number of unbranched alkanes of at least 4 members (excludes halogenated alkanes) is 3. The van der Waals surface area contributed by atoms with Crippen molar-refractivity contribution < 1.29 is 57.5 Å². The molecule has 0 fully saturated rings. The summed E-state index contributed by atoms with van der Waals surface area (Å²) < 4.78 is 0. The summed E-state index contributed by atoms with van der Waals surface area (Å²) in [7, 11) is 0. The number of hydrogen-bond donors (Lipinski definition) is 17. The van der Waals surface area contributed by atoms with Crippen LogP contribution in [-0.4, -0.2) is 166 Å². The topological polar surface area (TPSA) is 500 Å². The standard InChI is InChI=1S/C69H108N18O12/c1-8-42(6)59(87-68(98)54(33-41(4)5)83-66(96)56(35-45-37-76-48-23-13-12-22-47(45)48)85-61(91)50(78-43(7)88)25-15-18-30-71)69(99)81-52(27-28-58(73)89)63(93)82-53(32-40(2)3)64(94)84-55(34-44-20-10-9-11-21-44)65(95)86-57(36-46-38-75-39-77-46)67(97)80-51(26-16-19-31-72)62(92)79-49(60(74)90)24-14-17-29-70/h9-13,20-23,37-42,49-57,59,76H,8,14-19,24-36,70-72H2,1-7H3,(H2,73,89)(H2,74,90)(H,75,77)(H,78,88)(H,79,92)(H,80,97)(H,81,99)(H,82,93)(H,83,96)(H,84,94)(H,85,91)(H,86,95)(H,87,98)/t42-,49-,50-,51-,52-,53-,54-,55-,56-,57-,59-/m0/s1. The molecule has 22 N–H and O–H groups in total. The number of carbonyl (C=O) groups excluding carboxylic acids is 12. The quantitative estimate of drug-likeness (QED) is 0.0260. The smallest absolute Gasteiger partial charge is 0.243 e. The van der Waals surface area contributed by atoms with E-state index < -0.39 is 144 Å². The van der Waals surface area contributed by atoms with Crippen LogP contribution < -0.4 is 81.8 Å². The third kappa shape index (κ3) is 29.0. The first-order valence-corrected chi connectivity index (χ1v) is 34.4. The van der Waals surface area contributed by atoms with Gasteiger partial charge in [-0.15, -0.1) is 0 Å². The SMILES string of the molecule is CC[C@H](C)[C@H](NC(=O)[C@H](CC(C)C)NC(=O)[C@H](Cc1c[nH]c2ccccc12)NC(=O)[C@H](CCCCN)NC(C)=O)C(=O)N[C@@H](CCC(N)=O)C(=O)N[C@@H](CC(C)C)C(=O)N[C@@H](Cc1ccccc1)C(=O)N[C@@H](Cc1cnc[nH]1)C(=O)N[C@@H](CCCCN)C(=O)N[C@@H](CCCCN)C(N)=O. The molecule has 546 valence electrons. The lowest BCUT2D eigenvalue weighted by molar-refractivity contribution is -0.137. The lowest BCUT2D eigenvalue weighted by Crippen LogP contribution is -2.62. The molecule has 11 atom stereocenters. The molecule has 0 aliphatic rings. The van der Waals surface area contributed by atoms with E-state index in [-0.39, 0.29) is 69.6 Å². The Bertz CT molecular complexity index is 3250. The zero-order valence-corrected chi connectivity index (χ0v) is 58.3. The molecule has 0 aliphatic carbocycles. The van der Waals surface area contributed by atoms with E-state index in [9.17, 15) is 57.5 Å². The number of para-hydroxylation sites is 1.